The number of primary amides is 1. The Labute approximate surface area is 347 Å². The second-order valence-corrected chi connectivity index (χ2v) is 16.4. The van der Waals surface area contributed by atoms with E-state index in [1.165, 1.54) is 7.11 Å². The minimum absolute atomic E-state index is 0.00405. The number of carbonyl (C=O) groups is 6. The number of esters is 1. The van der Waals surface area contributed by atoms with Gasteiger partial charge in [0.25, 0.3) is 0 Å². The van der Waals surface area contributed by atoms with Crippen LogP contribution in [0.1, 0.15) is 83.8 Å². The first-order valence-corrected chi connectivity index (χ1v) is 20.9. The van der Waals surface area contributed by atoms with Gasteiger partial charge in [-0.3, -0.25) is 24.1 Å². The molecule has 0 aromatic heterocycles. The quantitative estimate of drug-likeness (QED) is 0.107. The van der Waals surface area contributed by atoms with Crippen LogP contribution in [0, 0.1) is 23.7 Å². The zero-order chi connectivity index (χ0) is 43.1. The van der Waals surface area contributed by atoms with Crippen molar-refractivity contribution in [3.63, 3.8) is 0 Å². The number of aliphatic hydroxyl groups excluding tert-OH is 1. The number of methoxy groups -OCH3 is 1. The number of nitrogens with two attached hydrogens (primary N) is 1. The van der Waals surface area contributed by atoms with Crippen molar-refractivity contribution in [2.24, 2.45) is 29.4 Å². The van der Waals surface area contributed by atoms with Gasteiger partial charge in [0.1, 0.15) is 24.7 Å². The van der Waals surface area contributed by atoms with E-state index < -0.39 is 72.5 Å². The maximum atomic E-state index is 14.4. The molecule has 324 valence electrons. The van der Waals surface area contributed by atoms with Gasteiger partial charge in [0.05, 0.1) is 31.7 Å². The number of likely N-dealkylation sites (tertiary alicyclic amines) is 1. The van der Waals surface area contributed by atoms with Gasteiger partial charge in [-0.15, -0.1) is 0 Å². The fourth-order valence-electron chi connectivity index (χ4n) is 8.11. The van der Waals surface area contributed by atoms with Gasteiger partial charge in [0, 0.05) is 13.1 Å². The number of nitrogens with one attached hydrogen (secondary N) is 4. The Morgan fingerprint density at radius 2 is 1.46 bits per heavy atom. The first-order valence-electron chi connectivity index (χ1n) is 20.9. The third-order valence-corrected chi connectivity index (χ3v) is 11.8. The number of benzene rings is 2. The first-order chi connectivity index (χ1) is 28.2. The molecule has 15 nitrogen and oxygen atoms in total. The van der Waals surface area contributed by atoms with Gasteiger partial charge >= 0.3 is 12.1 Å². The highest BCUT2D eigenvalue weighted by Gasteiger charge is 2.43. The predicted molar refractivity (Wildman–Crippen MR) is 221 cm³/mol. The van der Waals surface area contributed by atoms with Gasteiger partial charge in [-0.25, -0.2) is 9.59 Å². The van der Waals surface area contributed by atoms with Gasteiger partial charge in [0.2, 0.25) is 23.6 Å². The lowest BCUT2D eigenvalue weighted by molar-refractivity contribution is -0.147. The molecule has 2 aromatic carbocycles. The summed E-state index contributed by atoms with van der Waals surface area (Å²) in [6.45, 7) is 7.86. The van der Waals surface area contributed by atoms with E-state index in [2.05, 4.69) is 21.3 Å². The molecule has 0 bridgehead atoms. The number of fused-ring (bicyclic) bond motifs is 1. The molecule has 0 radical (unpaired) electrons. The van der Waals surface area contributed by atoms with Crippen LogP contribution in [0.25, 0.3) is 0 Å². The summed E-state index contributed by atoms with van der Waals surface area (Å²) >= 11 is 0. The summed E-state index contributed by atoms with van der Waals surface area (Å²) in [7, 11) is 1.26. The Morgan fingerprint density at radius 1 is 0.831 bits per heavy atom. The fourth-order valence-corrected chi connectivity index (χ4v) is 8.11. The number of piperidine rings is 1. The Bertz CT molecular complexity index is 1700. The van der Waals surface area contributed by atoms with Crippen LogP contribution in [0.15, 0.2) is 60.7 Å². The Balaban J connectivity index is 1.56. The van der Waals surface area contributed by atoms with E-state index in [1.807, 2.05) is 55.1 Å². The molecule has 2 aromatic rings. The number of hydrogen-bond donors (Lipinski definition) is 6. The highest BCUT2D eigenvalue weighted by molar-refractivity contribution is 5.92. The number of hydrogen-bond acceptors (Lipinski definition) is 10. The number of aliphatic hydroxyl groups is 1. The predicted octanol–water partition coefficient (Wildman–Crippen LogP) is 2.97. The van der Waals surface area contributed by atoms with Crippen LogP contribution in [0.5, 0.6) is 0 Å². The van der Waals surface area contributed by atoms with Crippen LogP contribution in [-0.4, -0.2) is 102 Å². The van der Waals surface area contributed by atoms with Crippen molar-refractivity contribution in [1.82, 2.24) is 26.2 Å². The molecule has 0 spiro atoms. The number of rotatable bonds is 20. The molecule has 3 unspecified atom stereocenters. The zero-order valence-electron chi connectivity index (χ0n) is 35.1. The molecule has 1 heterocycles. The summed E-state index contributed by atoms with van der Waals surface area (Å²) in [5.74, 6) is -2.91. The van der Waals surface area contributed by atoms with Crippen molar-refractivity contribution in [1.29, 1.82) is 0 Å². The maximum absolute atomic E-state index is 14.4. The molecule has 4 rings (SSSR count). The van der Waals surface area contributed by atoms with Gasteiger partial charge in [-0.1, -0.05) is 114 Å². The van der Waals surface area contributed by atoms with Crippen LogP contribution in [-0.2, 0) is 46.5 Å². The minimum Gasteiger partial charge on any atom is -0.467 e. The van der Waals surface area contributed by atoms with Crippen molar-refractivity contribution in [2.75, 3.05) is 20.2 Å². The lowest BCUT2D eigenvalue weighted by Crippen LogP contribution is -2.62. The van der Waals surface area contributed by atoms with Crippen molar-refractivity contribution >= 4 is 35.7 Å². The van der Waals surface area contributed by atoms with Crippen LogP contribution >= 0.6 is 0 Å². The van der Waals surface area contributed by atoms with Crippen LogP contribution < -0.4 is 27.0 Å². The molecule has 2 fully saturated rings. The fraction of sp³-hybridized carbons (Fsp3) is 0.591. The Kier molecular flexibility index (Phi) is 18.2. The average molecular weight is 821 g/mol. The topological polar surface area (TPSA) is 218 Å². The summed E-state index contributed by atoms with van der Waals surface area (Å²) in [5, 5.41) is 23.2. The summed E-state index contributed by atoms with van der Waals surface area (Å²) in [5.41, 5.74) is 7.03. The summed E-state index contributed by atoms with van der Waals surface area (Å²) < 4.78 is 10.2. The molecule has 1 aliphatic carbocycles. The van der Waals surface area contributed by atoms with E-state index in [0.717, 1.165) is 36.8 Å². The number of carbonyl (C=O) groups excluding carboxylic acids is 6. The normalized spacial score (nSPS) is 21.0. The SMILES string of the molecule is CC[C@H](C)[C@H](NC(=O)C1CC2CCCCC2CN1C[C@@H](O)[C@H](Cc1ccccc1)NC(=O)[C@H](CC(N)=O)NC(=O)OCc1ccccc1)C(=O)N[C@H](C(=O)OC)C(C)C. The number of amides is 5. The second-order valence-electron chi connectivity index (χ2n) is 16.4. The monoisotopic (exact) mass is 820 g/mol. The maximum Gasteiger partial charge on any atom is 0.408 e. The molecule has 1 aliphatic heterocycles. The first kappa shape index (κ1) is 46.7. The Morgan fingerprint density at radius 3 is 2.05 bits per heavy atom. The molecular formula is C44H64N6O9. The molecule has 2 aliphatic rings. The minimum atomic E-state index is -1.39. The summed E-state index contributed by atoms with van der Waals surface area (Å²) in [6, 6.07) is 13.4. The molecule has 59 heavy (non-hydrogen) atoms. The van der Waals surface area contributed by atoms with Crippen LogP contribution in [0.3, 0.4) is 0 Å². The van der Waals surface area contributed by atoms with Gasteiger partial charge in [-0.05, 0) is 54.1 Å². The van der Waals surface area contributed by atoms with Gasteiger partial charge in [-0.2, -0.15) is 0 Å². The van der Waals surface area contributed by atoms with Crippen LogP contribution in [0.2, 0.25) is 0 Å². The third-order valence-electron chi connectivity index (χ3n) is 11.8. The third kappa shape index (κ3) is 14.1. The van der Waals surface area contributed by atoms with E-state index >= 15 is 0 Å². The van der Waals surface area contributed by atoms with Crippen molar-refractivity contribution in [3.8, 4) is 0 Å². The van der Waals surface area contributed by atoms with Crippen molar-refractivity contribution in [3.05, 3.63) is 71.8 Å². The molecule has 1 saturated carbocycles. The van der Waals surface area contributed by atoms with Gasteiger partial charge < -0.3 is 41.6 Å². The number of alkyl carbamates (subject to hydrolysis) is 1. The molecule has 15 heteroatoms. The van der Waals surface area contributed by atoms with E-state index in [0.29, 0.717) is 25.3 Å². The summed E-state index contributed by atoms with van der Waals surface area (Å²) in [6.07, 6.45) is 2.74. The number of ether oxygens (including phenoxy) is 2. The zero-order valence-corrected chi connectivity index (χ0v) is 35.1. The van der Waals surface area contributed by atoms with E-state index in [4.69, 9.17) is 15.2 Å². The second kappa shape index (κ2) is 22.9. The highest BCUT2D eigenvalue weighted by atomic mass is 16.5. The van der Waals surface area contributed by atoms with E-state index in [-0.39, 0.29) is 43.2 Å². The van der Waals surface area contributed by atoms with E-state index in [1.54, 1.807) is 38.1 Å². The largest absolute Gasteiger partial charge is 0.467 e. The molecule has 1 saturated heterocycles. The molecule has 7 N–H and O–H groups in total. The van der Waals surface area contributed by atoms with Gasteiger partial charge in [0.15, 0.2) is 0 Å². The van der Waals surface area contributed by atoms with Crippen LogP contribution in [0.4, 0.5) is 4.79 Å². The Hall–Kier alpha value is -5.02. The number of nitrogens with zero attached hydrogens (tertiary/aromatic N) is 1. The van der Waals surface area contributed by atoms with Crippen molar-refractivity contribution < 1.29 is 43.3 Å². The number of β-amino-alcohol motifs (C(OH)–C–C–N with tert-alkyl or cyclic N) is 1. The standard InChI is InChI=1S/C44H64N6O9/c1-6-28(4)39(42(55)48-38(27(2)3)43(56)58-5)49-41(54)35-22-31-19-13-14-20-32(31)24-50(35)25-36(51)33(21-29-15-9-7-10-16-29)46-40(53)34(23-37(45)52)47-44(57)59-26-30-17-11-8-12-18-30/h7-12,15-18,27-28,31-36,38-39,51H,6,13-14,19-26H2,1-5H3,(H2,45,52)(H,46,53)(H,47,57)(H,48,55)(H,49,54)/t28-,31?,32?,33-,34-,35?,36+,38-,39-/m0/s1. The van der Waals surface area contributed by atoms with E-state index in [9.17, 15) is 33.9 Å². The molecule has 5 amide bonds. The lowest BCUT2D eigenvalue weighted by atomic mass is 9.72. The molecule has 9 atom stereocenters. The highest BCUT2D eigenvalue weighted by Crippen LogP contribution is 2.39. The smallest absolute Gasteiger partial charge is 0.408 e. The van der Waals surface area contributed by atoms with Crippen molar-refractivity contribution in [2.45, 2.75) is 122 Å². The summed E-state index contributed by atoms with van der Waals surface area (Å²) in [4.78, 5) is 81.4. The average Bonchev–Trinajstić information content (AvgIpc) is 3.22. The lowest BCUT2D eigenvalue weighted by Gasteiger charge is -2.47. The molecular weight excluding hydrogens is 757 g/mol.